The van der Waals surface area contributed by atoms with Gasteiger partial charge in [-0.25, -0.2) is 16.8 Å². The number of anilines is 1. The number of sulfonamides is 2. The van der Waals surface area contributed by atoms with Crippen LogP contribution in [0.2, 0.25) is 0 Å². The van der Waals surface area contributed by atoms with Crippen LogP contribution < -0.4 is 8.45 Å². The van der Waals surface area contributed by atoms with E-state index in [4.69, 9.17) is 4.74 Å². The van der Waals surface area contributed by atoms with Gasteiger partial charge in [0.25, 0.3) is 0 Å². The van der Waals surface area contributed by atoms with E-state index in [1.807, 2.05) is 30.3 Å². The van der Waals surface area contributed by atoms with E-state index >= 15 is 0 Å². The molecule has 0 amide bonds. The summed E-state index contributed by atoms with van der Waals surface area (Å²) in [5.74, 6) is 0.173. The van der Waals surface area contributed by atoms with Crippen molar-refractivity contribution in [1.82, 2.24) is 0 Å². The number of nitrogens with zero attached hydrogens (tertiary/aromatic N) is 1. The molecule has 0 fully saturated rings. The van der Waals surface area contributed by atoms with Crippen LogP contribution in [-0.4, -0.2) is 29.3 Å². The lowest BCUT2D eigenvalue weighted by Gasteiger charge is -2.22. The maximum absolute atomic E-state index is 11.9. The molecule has 0 spiro atoms. The van der Waals surface area contributed by atoms with Crippen LogP contribution in [0, 0.1) is 0 Å². The van der Waals surface area contributed by atoms with Crippen molar-refractivity contribution in [2.24, 2.45) is 0 Å². The van der Waals surface area contributed by atoms with E-state index in [0.29, 0.717) is 3.71 Å². The van der Waals surface area contributed by atoms with Gasteiger partial charge in [0.1, 0.15) is 18.0 Å². The highest BCUT2D eigenvalue weighted by Gasteiger charge is 2.29. The predicted octanol–water partition coefficient (Wildman–Crippen LogP) is 1.99. The van der Waals surface area contributed by atoms with Gasteiger partial charge in [-0.2, -0.15) is 3.71 Å². The lowest BCUT2D eigenvalue weighted by atomic mass is 10.2. The molecule has 0 saturated carbocycles. The van der Waals surface area contributed by atoms with Crippen molar-refractivity contribution in [2.75, 3.05) is 16.2 Å². The second-order valence-electron chi connectivity index (χ2n) is 4.97. The molecule has 124 valence electrons. The highest BCUT2D eigenvalue weighted by atomic mass is 32.3. The monoisotopic (exact) mass is 355 g/mol. The topological polar surface area (TPSA) is 80.8 Å². The van der Waals surface area contributed by atoms with Gasteiger partial charge in [0, 0.05) is 0 Å². The van der Waals surface area contributed by atoms with E-state index in [-0.39, 0.29) is 18.0 Å². The van der Waals surface area contributed by atoms with Crippen molar-refractivity contribution in [1.29, 1.82) is 0 Å². The molecule has 0 unspecified atom stereocenters. The van der Waals surface area contributed by atoms with Crippen LogP contribution in [0.1, 0.15) is 5.56 Å². The van der Waals surface area contributed by atoms with E-state index in [1.54, 1.807) is 12.1 Å². The summed E-state index contributed by atoms with van der Waals surface area (Å²) in [7, 11) is -8.03. The van der Waals surface area contributed by atoms with E-state index in [2.05, 4.69) is 0 Å². The molecule has 0 aliphatic carbocycles. The zero-order valence-electron chi connectivity index (χ0n) is 12.7. The normalized spacial score (nSPS) is 11.9. The fourth-order valence-electron chi connectivity index (χ4n) is 2.07. The second kappa shape index (κ2) is 6.59. The third kappa shape index (κ3) is 4.46. The lowest BCUT2D eigenvalue weighted by Crippen LogP contribution is -2.35. The first-order valence-corrected chi connectivity index (χ1v) is 10.4. The molecule has 0 saturated heterocycles. The molecule has 2 aromatic carbocycles. The van der Waals surface area contributed by atoms with Gasteiger partial charge in [0.2, 0.25) is 20.0 Å². The Morgan fingerprint density at radius 2 is 1.35 bits per heavy atom. The number of hydrogen-bond acceptors (Lipinski definition) is 5. The van der Waals surface area contributed by atoms with Crippen LogP contribution in [0.25, 0.3) is 0 Å². The van der Waals surface area contributed by atoms with Gasteiger partial charge in [-0.05, 0) is 17.7 Å². The van der Waals surface area contributed by atoms with E-state index in [1.165, 1.54) is 12.1 Å². The third-order valence-electron chi connectivity index (χ3n) is 2.90. The fraction of sp³-hybridized carbons (Fsp3) is 0.200. The largest absolute Gasteiger partial charge is 0.487 e. The molecule has 0 aliphatic rings. The van der Waals surface area contributed by atoms with Gasteiger partial charge in [0.05, 0.1) is 12.5 Å². The van der Waals surface area contributed by atoms with Crippen LogP contribution in [0.5, 0.6) is 5.75 Å². The Morgan fingerprint density at radius 3 is 1.91 bits per heavy atom. The first-order valence-electron chi connectivity index (χ1n) is 6.66. The van der Waals surface area contributed by atoms with Crippen molar-refractivity contribution >= 4 is 25.7 Å². The number of ether oxygens (including phenoxy) is 1. The van der Waals surface area contributed by atoms with Crippen LogP contribution in [0.3, 0.4) is 0 Å². The third-order valence-corrected chi connectivity index (χ3v) is 6.12. The maximum Gasteiger partial charge on any atom is 0.245 e. The van der Waals surface area contributed by atoms with Gasteiger partial charge in [-0.3, -0.25) is 0 Å². The Kier molecular flexibility index (Phi) is 4.96. The number of para-hydroxylation sites is 2. The van der Waals surface area contributed by atoms with Gasteiger partial charge < -0.3 is 4.74 Å². The van der Waals surface area contributed by atoms with Crippen LogP contribution in [-0.2, 0) is 26.7 Å². The van der Waals surface area contributed by atoms with Crippen molar-refractivity contribution in [3.05, 3.63) is 60.2 Å². The molecule has 2 rings (SSSR count). The molecule has 0 aromatic heterocycles. The Hall–Kier alpha value is -2.06. The van der Waals surface area contributed by atoms with Gasteiger partial charge in [0.15, 0.2) is 0 Å². The van der Waals surface area contributed by atoms with Gasteiger partial charge in [-0.15, -0.1) is 0 Å². The second-order valence-corrected chi connectivity index (χ2v) is 8.86. The highest BCUT2D eigenvalue weighted by Crippen LogP contribution is 2.32. The molecule has 0 atom stereocenters. The van der Waals surface area contributed by atoms with Crippen LogP contribution >= 0.6 is 0 Å². The first-order chi connectivity index (χ1) is 10.7. The molecular formula is C15H17NO5S2. The van der Waals surface area contributed by atoms with Gasteiger partial charge >= 0.3 is 0 Å². The Labute approximate surface area is 136 Å². The standard InChI is InChI=1S/C15H17NO5S2/c1-22(17,18)16(23(2,19)20)14-10-6-7-11-15(14)21-12-13-8-4-3-5-9-13/h3-11H,12H2,1-2H3. The van der Waals surface area contributed by atoms with Crippen molar-refractivity contribution in [3.8, 4) is 5.75 Å². The number of rotatable bonds is 6. The fourth-order valence-corrected chi connectivity index (χ4v) is 5.05. The van der Waals surface area contributed by atoms with Crippen molar-refractivity contribution in [2.45, 2.75) is 6.61 Å². The average molecular weight is 355 g/mol. The molecular weight excluding hydrogens is 338 g/mol. The molecule has 0 bridgehead atoms. The minimum atomic E-state index is -4.02. The first kappa shape index (κ1) is 17.3. The summed E-state index contributed by atoms with van der Waals surface area (Å²) in [5, 5.41) is 0. The molecule has 6 nitrogen and oxygen atoms in total. The van der Waals surface area contributed by atoms with Crippen molar-refractivity contribution in [3.63, 3.8) is 0 Å². The lowest BCUT2D eigenvalue weighted by molar-refractivity contribution is 0.307. The van der Waals surface area contributed by atoms with Gasteiger partial charge in [-0.1, -0.05) is 42.5 Å². The van der Waals surface area contributed by atoms with E-state index in [9.17, 15) is 16.8 Å². The highest BCUT2D eigenvalue weighted by molar-refractivity contribution is 8.09. The molecule has 2 aromatic rings. The zero-order chi connectivity index (χ0) is 17.1. The minimum Gasteiger partial charge on any atom is -0.487 e. The molecule has 0 aliphatic heterocycles. The minimum absolute atomic E-state index is 0.0339. The molecule has 0 heterocycles. The average Bonchev–Trinajstić information content (AvgIpc) is 2.44. The summed E-state index contributed by atoms with van der Waals surface area (Å²) in [6.45, 7) is 0.194. The van der Waals surface area contributed by atoms with Crippen LogP contribution in [0.15, 0.2) is 54.6 Å². The van der Waals surface area contributed by atoms with Crippen LogP contribution in [0.4, 0.5) is 5.69 Å². The Morgan fingerprint density at radius 1 is 0.826 bits per heavy atom. The van der Waals surface area contributed by atoms with E-state index in [0.717, 1.165) is 18.1 Å². The number of hydrogen-bond donors (Lipinski definition) is 0. The molecule has 23 heavy (non-hydrogen) atoms. The molecule has 8 heteroatoms. The summed E-state index contributed by atoms with van der Waals surface area (Å²) in [6, 6.07) is 15.4. The number of benzene rings is 2. The summed E-state index contributed by atoms with van der Waals surface area (Å²) in [5.41, 5.74) is 0.848. The Bertz CT molecular complexity index is 845. The maximum atomic E-state index is 11.9. The molecule has 0 radical (unpaired) electrons. The SMILES string of the molecule is CS(=O)(=O)N(c1ccccc1OCc1ccccc1)S(C)(=O)=O. The smallest absolute Gasteiger partial charge is 0.245 e. The molecule has 0 N–H and O–H groups in total. The van der Waals surface area contributed by atoms with E-state index < -0.39 is 20.0 Å². The summed E-state index contributed by atoms with van der Waals surface area (Å²) in [6.07, 6.45) is 1.67. The Balaban J connectivity index is 2.40. The zero-order valence-corrected chi connectivity index (χ0v) is 14.3. The quantitative estimate of drug-likeness (QED) is 0.792. The summed E-state index contributed by atoms with van der Waals surface area (Å²) >= 11 is 0. The van der Waals surface area contributed by atoms with Crippen molar-refractivity contribution < 1.29 is 21.6 Å². The summed E-state index contributed by atoms with van der Waals surface area (Å²) in [4.78, 5) is 0. The predicted molar refractivity (Wildman–Crippen MR) is 89.4 cm³/mol. The summed E-state index contributed by atoms with van der Waals surface area (Å²) < 4.78 is 53.6.